The van der Waals surface area contributed by atoms with Gasteiger partial charge in [-0.2, -0.15) is 0 Å². The Hall–Kier alpha value is -1.83. The van der Waals surface area contributed by atoms with Gasteiger partial charge < -0.3 is 47.6 Å². The lowest BCUT2D eigenvalue weighted by atomic mass is 10.1. The number of hydrogen-bond acceptors (Lipinski definition) is 9. The highest BCUT2D eigenvalue weighted by atomic mass is 16.4. The van der Waals surface area contributed by atoms with Crippen molar-refractivity contribution in [2.75, 3.05) is 19.6 Å². The lowest BCUT2D eigenvalue weighted by Crippen LogP contribution is -2.32. The molecule has 0 bridgehead atoms. The Kier molecular flexibility index (Phi) is 13.3. The molecule has 0 unspecified atom stereocenters. The van der Waals surface area contributed by atoms with Gasteiger partial charge in [-0.05, 0) is 32.2 Å². The third kappa shape index (κ3) is 11.8. The van der Waals surface area contributed by atoms with Crippen molar-refractivity contribution in [2.45, 2.75) is 62.4 Å². The third-order valence-corrected chi connectivity index (χ3v) is 4.16. The number of carboxylic acid groups (broad SMARTS) is 3. The standard InChI is InChI=1S/C6H14N2O3.C5H9NO3.C5H9NO2/c7-3-4(9)1-2-5(8)6(10)11;7-3-1-4(5(8)9)6-2-3;7-5(8)4-2-1-3-6-4/h4-5,9H,1-3,7-8H2,(H,10,11);3-4,6-7H,1-2H2,(H,8,9);4,6H,1-3H2,(H,7,8)/t4-,5+;3-,4+;4-/m110/s1. The second-order valence-electron chi connectivity index (χ2n) is 6.59. The normalized spacial score (nSPS) is 25.5. The van der Waals surface area contributed by atoms with Crippen molar-refractivity contribution in [3.05, 3.63) is 0 Å². The van der Waals surface area contributed by atoms with E-state index in [1.54, 1.807) is 0 Å². The van der Waals surface area contributed by atoms with Crippen LogP contribution in [0.5, 0.6) is 0 Å². The molecule has 11 N–H and O–H groups in total. The fourth-order valence-corrected chi connectivity index (χ4v) is 2.41. The molecule has 5 atom stereocenters. The van der Waals surface area contributed by atoms with E-state index in [2.05, 4.69) is 10.6 Å². The summed E-state index contributed by atoms with van der Waals surface area (Å²) in [6.45, 7) is 1.40. The summed E-state index contributed by atoms with van der Waals surface area (Å²) >= 11 is 0. The molecule has 0 saturated carbocycles. The van der Waals surface area contributed by atoms with Crippen LogP contribution in [-0.4, -0.2) is 93.4 Å². The van der Waals surface area contributed by atoms with Crippen molar-refractivity contribution in [1.29, 1.82) is 0 Å². The van der Waals surface area contributed by atoms with Crippen molar-refractivity contribution < 1.29 is 39.9 Å². The van der Waals surface area contributed by atoms with Crippen molar-refractivity contribution >= 4 is 17.9 Å². The lowest BCUT2D eigenvalue weighted by molar-refractivity contribution is -0.140. The molecule has 2 fully saturated rings. The topological polar surface area (TPSA) is 228 Å². The average Bonchev–Trinajstić information content (AvgIpc) is 3.32. The van der Waals surface area contributed by atoms with Crippen LogP contribution in [0.2, 0.25) is 0 Å². The summed E-state index contributed by atoms with van der Waals surface area (Å²) in [4.78, 5) is 30.5. The maximum atomic E-state index is 10.2. The van der Waals surface area contributed by atoms with Crippen molar-refractivity contribution in [3.8, 4) is 0 Å². The van der Waals surface area contributed by atoms with E-state index in [9.17, 15) is 14.4 Å². The van der Waals surface area contributed by atoms with E-state index in [0.717, 1.165) is 19.4 Å². The van der Waals surface area contributed by atoms with E-state index in [1.165, 1.54) is 0 Å². The van der Waals surface area contributed by atoms with Gasteiger partial charge in [0.2, 0.25) is 0 Å². The molecule has 0 spiro atoms. The van der Waals surface area contributed by atoms with E-state index in [-0.39, 0.29) is 19.0 Å². The van der Waals surface area contributed by atoms with Crippen LogP contribution in [0, 0.1) is 0 Å². The number of β-amino-alcohol motifs (C(OH)–C–C–N with tert-alkyl or cyclic N) is 1. The first-order chi connectivity index (χ1) is 13.1. The van der Waals surface area contributed by atoms with E-state index in [0.29, 0.717) is 19.4 Å². The molecule has 28 heavy (non-hydrogen) atoms. The molecule has 2 heterocycles. The Bertz CT molecular complexity index is 487. The smallest absolute Gasteiger partial charge is 0.320 e. The Labute approximate surface area is 162 Å². The summed E-state index contributed by atoms with van der Waals surface area (Å²) in [6, 6.07) is -1.70. The van der Waals surface area contributed by atoms with Crippen LogP contribution in [0.1, 0.15) is 32.1 Å². The van der Waals surface area contributed by atoms with Crippen LogP contribution in [0.3, 0.4) is 0 Å². The minimum Gasteiger partial charge on any atom is -0.480 e. The zero-order chi connectivity index (χ0) is 21.7. The van der Waals surface area contributed by atoms with E-state index in [1.807, 2.05) is 0 Å². The molecular formula is C16H32N4O8. The number of carbonyl (C=O) groups is 3. The number of hydrogen-bond donors (Lipinski definition) is 9. The Morgan fingerprint density at radius 2 is 1.64 bits per heavy atom. The monoisotopic (exact) mass is 408 g/mol. The molecule has 0 aromatic heterocycles. The first kappa shape index (κ1) is 26.2. The van der Waals surface area contributed by atoms with Crippen molar-refractivity contribution in [1.82, 2.24) is 10.6 Å². The van der Waals surface area contributed by atoms with Gasteiger partial charge in [0, 0.05) is 19.5 Å². The summed E-state index contributed by atoms with van der Waals surface area (Å²) < 4.78 is 0. The molecule has 0 aromatic rings. The third-order valence-electron chi connectivity index (χ3n) is 4.16. The highest BCUT2D eigenvalue weighted by molar-refractivity contribution is 5.74. The first-order valence-electron chi connectivity index (χ1n) is 9.05. The van der Waals surface area contributed by atoms with Crippen molar-refractivity contribution in [3.63, 3.8) is 0 Å². The first-order valence-corrected chi connectivity index (χ1v) is 9.05. The van der Waals surface area contributed by atoms with Gasteiger partial charge in [0.15, 0.2) is 0 Å². The predicted molar refractivity (Wildman–Crippen MR) is 98.6 cm³/mol. The van der Waals surface area contributed by atoms with E-state index < -0.39 is 42.2 Å². The Balaban J connectivity index is 0.000000395. The average molecular weight is 408 g/mol. The minimum atomic E-state index is -1.05. The molecule has 164 valence electrons. The fourth-order valence-electron chi connectivity index (χ4n) is 2.41. The van der Waals surface area contributed by atoms with Gasteiger partial charge in [-0.1, -0.05) is 0 Å². The molecular weight excluding hydrogens is 376 g/mol. The van der Waals surface area contributed by atoms with Gasteiger partial charge in [0.25, 0.3) is 0 Å². The quantitative estimate of drug-likeness (QED) is 0.207. The maximum Gasteiger partial charge on any atom is 0.320 e. The van der Waals surface area contributed by atoms with Crippen LogP contribution in [0.25, 0.3) is 0 Å². The van der Waals surface area contributed by atoms with Crippen LogP contribution >= 0.6 is 0 Å². The predicted octanol–water partition coefficient (Wildman–Crippen LogP) is -2.89. The van der Waals surface area contributed by atoms with E-state index in [4.69, 9.17) is 37.0 Å². The molecule has 0 aromatic carbocycles. The molecule has 2 rings (SSSR count). The zero-order valence-electron chi connectivity index (χ0n) is 15.7. The summed E-state index contributed by atoms with van der Waals surface area (Å²) in [6.07, 6.45) is 1.59. The van der Waals surface area contributed by atoms with Gasteiger partial charge in [0.1, 0.15) is 18.1 Å². The molecule has 12 nitrogen and oxygen atoms in total. The summed E-state index contributed by atoms with van der Waals surface area (Å²) in [5, 5.41) is 48.3. The van der Waals surface area contributed by atoms with Gasteiger partial charge >= 0.3 is 17.9 Å². The number of nitrogens with two attached hydrogens (primary N) is 2. The number of aliphatic carboxylic acids is 3. The largest absolute Gasteiger partial charge is 0.480 e. The second-order valence-corrected chi connectivity index (χ2v) is 6.59. The molecule has 2 aliphatic heterocycles. The molecule has 2 aliphatic rings. The Morgan fingerprint density at radius 3 is 1.93 bits per heavy atom. The summed E-state index contributed by atoms with van der Waals surface area (Å²) in [5.74, 6) is -2.65. The highest BCUT2D eigenvalue weighted by Gasteiger charge is 2.27. The molecule has 12 heteroatoms. The molecule has 0 aliphatic carbocycles. The van der Waals surface area contributed by atoms with Crippen molar-refractivity contribution in [2.24, 2.45) is 11.5 Å². The van der Waals surface area contributed by atoms with Gasteiger partial charge in [-0.3, -0.25) is 14.4 Å². The number of carboxylic acids is 3. The van der Waals surface area contributed by atoms with Gasteiger partial charge in [-0.25, -0.2) is 0 Å². The number of aliphatic hydroxyl groups excluding tert-OH is 2. The SMILES string of the molecule is NC[C@H](O)CC[C@H](N)C(=O)O.O=C(O)[C@@H]1CCCN1.O=C(O)[C@@H]1C[C@@H](O)CN1. The molecule has 2 saturated heterocycles. The second kappa shape index (κ2) is 14.2. The lowest BCUT2D eigenvalue weighted by Gasteiger charge is -2.09. The minimum absolute atomic E-state index is 0.145. The summed E-state index contributed by atoms with van der Waals surface area (Å²) in [7, 11) is 0. The molecule has 0 radical (unpaired) electrons. The fraction of sp³-hybridized carbons (Fsp3) is 0.812. The number of nitrogens with one attached hydrogen (secondary N) is 2. The van der Waals surface area contributed by atoms with Crippen LogP contribution in [-0.2, 0) is 14.4 Å². The molecule has 0 amide bonds. The Morgan fingerprint density at radius 1 is 1.04 bits per heavy atom. The van der Waals surface area contributed by atoms with Crippen LogP contribution in [0.15, 0.2) is 0 Å². The summed E-state index contributed by atoms with van der Waals surface area (Å²) in [5.41, 5.74) is 10.3. The van der Waals surface area contributed by atoms with Gasteiger partial charge in [-0.15, -0.1) is 0 Å². The highest BCUT2D eigenvalue weighted by Crippen LogP contribution is 2.05. The van der Waals surface area contributed by atoms with Crippen LogP contribution < -0.4 is 22.1 Å². The number of aliphatic hydroxyl groups is 2. The van der Waals surface area contributed by atoms with Crippen LogP contribution in [0.4, 0.5) is 0 Å². The maximum absolute atomic E-state index is 10.2. The zero-order valence-corrected chi connectivity index (χ0v) is 15.7. The van der Waals surface area contributed by atoms with E-state index >= 15 is 0 Å². The van der Waals surface area contributed by atoms with Gasteiger partial charge in [0.05, 0.1) is 12.2 Å². The number of rotatable bonds is 7.